The van der Waals surface area contributed by atoms with Crippen LogP contribution in [-0.4, -0.2) is 52.7 Å². The highest BCUT2D eigenvalue weighted by atomic mass is 16.5. The summed E-state index contributed by atoms with van der Waals surface area (Å²) in [5.41, 5.74) is -0.766. The number of imidazole rings is 1. The van der Waals surface area contributed by atoms with Gasteiger partial charge >= 0.3 is 0 Å². The number of rotatable bonds is 3. The summed E-state index contributed by atoms with van der Waals surface area (Å²) in [6.07, 6.45) is 3.71. The highest BCUT2D eigenvalue weighted by molar-refractivity contribution is 5.84. The topological polar surface area (TPSA) is 59.4 Å². The second kappa shape index (κ2) is 5.07. The number of carbonyl (C=O) groups excluding carboxylic acids is 1. The maximum atomic E-state index is 11.8. The van der Waals surface area contributed by atoms with Gasteiger partial charge in [-0.15, -0.1) is 0 Å². The monoisotopic (exact) mass is 252 g/mol. The first-order chi connectivity index (χ1) is 8.55. The lowest BCUT2D eigenvalue weighted by molar-refractivity contribution is -0.156. The number of morpholine rings is 1. The Kier molecular flexibility index (Phi) is 3.68. The smallest absolute Gasteiger partial charge is 0.253 e. The van der Waals surface area contributed by atoms with E-state index >= 15 is 0 Å². The van der Waals surface area contributed by atoms with E-state index in [9.17, 15) is 4.79 Å². The molecule has 100 valence electrons. The summed E-state index contributed by atoms with van der Waals surface area (Å²) in [5.74, 6) is 0.920. The lowest BCUT2D eigenvalue weighted by Crippen LogP contribution is -2.57. The molecule has 0 bridgehead atoms. The van der Waals surface area contributed by atoms with Gasteiger partial charge in [-0.2, -0.15) is 0 Å². The van der Waals surface area contributed by atoms with E-state index in [1.165, 1.54) is 0 Å². The van der Waals surface area contributed by atoms with Crippen LogP contribution >= 0.6 is 0 Å². The molecule has 1 fully saturated rings. The van der Waals surface area contributed by atoms with Crippen molar-refractivity contribution in [1.82, 2.24) is 19.8 Å². The molecule has 1 aromatic rings. The standard InChI is InChI=1S/C12H20N4O2/c1-12(11(17)13-2)9-16(6-7-18-12)8-10-14-4-5-15(10)3/h4-5H,6-9H2,1-3H3,(H,13,17)/t12-/m1/s1. The summed E-state index contributed by atoms with van der Waals surface area (Å²) in [7, 11) is 3.61. The van der Waals surface area contributed by atoms with Crippen LogP contribution in [0.15, 0.2) is 12.4 Å². The summed E-state index contributed by atoms with van der Waals surface area (Å²) in [6, 6.07) is 0. The van der Waals surface area contributed by atoms with Gasteiger partial charge in [0.2, 0.25) is 0 Å². The molecule has 1 aliphatic heterocycles. The van der Waals surface area contributed by atoms with Crippen molar-refractivity contribution < 1.29 is 9.53 Å². The number of aryl methyl sites for hydroxylation is 1. The second-order valence-electron chi connectivity index (χ2n) is 4.82. The van der Waals surface area contributed by atoms with Gasteiger partial charge in [-0.25, -0.2) is 4.98 Å². The van der Waals surface area contributed by atoms with Crippen LogP contribution in [0.5, 0.6) is 0 Å². The Labute approximate surface area is 107 Å². The summed E-state index contributed by atoms with van der Waals surface area (Å²) >= 11 is 0. The largest absolute Gasteiger partial charge is 0.363 e. The van der Waals surface area contributed by atoms with Gasteiger partial charge in [0.1, 0.15) is 5.82 Å². The Morgan fingerprint density at radius 2 is 2.44 bits per heavy atom. The van der Waals surface area contributed by atoms with E-state index in [4.69, 9.17) is 4.74 Å². The van der Waals surface area contributed by atoms with Gasteiger partial charge in [0.05, 0.1) is 13.2 Å². The van der Waals surface area contributed by atoms with E-state index in [1.54, 1.807) is 13.2 Å². The third-order valence-corrected chi connectivity index (χ3v) is 3.35. The highest BCUT2D eigenvalue weighted by Crippen LogP contribution is 2.19. The predicted molar refractivity (Wildman–Crippen MR) is 66.9 cm³/mol. The van der Waals surface area contributed by atoms with Gasteiger partial charge in [-0.1, -0.05) is 0 Å². The van der Waals surface area contributed by atoms with Crippen LogP contribution in [0.2, 0.25) is 0 Å². The molecule has 0 aliphatic carbocycles. The van der Waals surface area contributed by atoms with Crippen LogP contribution in [0.3, 0.4) is 0 Å². The Balaban J connectivity index is 2.03. The zero-order chi connectivity index (χ0) is 13.2. The average Bonchev–Trinajstić information content (AvgIpc) is 2.74. The minimum absolute atomic E-state index is 0.0768. The molecule has 2 heterocycles. The van der Waals surface area contributed by atoms with Gasteiger partial charge in [-0.3, -0.25) is 9.69 Å². The van der Waals surface area contributed by atoms with Crippen molar-refractivity contribution in [2.45, 2.75) is 19.1 Å². The lowest BCUT2D eigenvalue weighted by atomic mass is 10.0. The van der Waals surface area contributed by atoms with Crippen molar-refractivity contribution in [3.63, 3.8) is 0 Å². The normalized spacial score (nSPS) is 25.1. The molecule has 1 atom stereocenters. The zero-order valence-electron chi connectivity index (χ0n) is 11.1. The van der Waals surface area contributed by atoms with E-state index < -0.39 is 5.60 Å². The number of likely N-dealkylation sites (N-methyl/N-ethyl adjacent to an activating group) is 1. The molecule has 2 rings (SSSR count). The number of nitrogens with one attached hydrogen (secondary N) is 1. The Hall–Kier alpha value is -1.40. The molecular weight excluding hydrogens is 232 g/mol. The van der Waals surface area contributed by atoms with Crippen molar-refractivity contribution in [2.75, 3.05) is 26.7 Å². The molecule has 0 saturated carbocycles. The van der Waals surface area contributed by atoms with Crippen LogP contribution < -0.4 is 5.32 Å². The Morgan fingerprint density at radius 3 is 3.06 bits per heavy atom. The summed E-state index contributed by atoms with van der Waals surface area (Å²) < 4.78 is 7.61. The molecule has 0 unspecified atom stereocenters. The number of ether oxygens (including phenoxy) is 1. The van der Waals surface area contributed by atoms with Crippen LogP contribution in [0.4, 0.5) is 0 Å². The molecule has 1 saturated heterocycles. The number of hydrogen-bond acceptors (Lipinski definition) is 4. The second-order valence-corrected chi connectivity index (χ2v) is 4.82. The van der Waals surface area contributed by atoms with Gasteiger partial charge in [-0.05, 0) is 6.92 Å². The minimum atomic E-state index is -0.766. The Morgan fingerprint density at radius 1 is 1.67 bits per heavy atom. The van der Waals surface area contributed by atoms with E-state index in [-0.39, 0.29) is 5.91 Å². The van der Waals surface area contributed by atoms with Crippen LogP contribution in [0, 0.1) is 0 Å². The quantitative estimate of drug-likeness (QED) is 0.806. The van der Waals surface area contributed by atoms with Gasteiger partial charge in [0, 0.05) is 39.6 Å². The van der Waals surface area contributed by atoms with Crippen molar-refractivity contribution in [1.29, 1.82) is 0 Å². The number of hydrogen-bond donors (Lipinski definition) is 1. The number of carbonyl (C=O) groups is 1. The molecule has 1 N–H and O–H groups in total. The number of nitrogens with zero attached hydrogens (tertiary/aromatic N) is 3. The van der Waals surface area contributed by atoms with Gasteiger partial charge in [0.15, 0.2) is 5.60 Å². The molecule has 1 aliphatic rings. The third kappa shape index (κ3) is 2.54. The van der Waals surface area contributed by atoms with Crippen LogP contribution in [0.25, 0.3) is 0 Å². The fourth-order valence-corrected chi connectivity index (χ4v) is 2.24. The molecular formula is C12H20N4O2. The maximum absolute atomic E-state index is 11.8. The van der Waals surface area contributed by atoms with Crippen molar-refractivity contribution >= 4 is 5.91 Å². The van der Waals surface area contributed by atoms with Gasteiger partial charge in [0.25, 0.3) is 5.91 Å². The van der Waals surface area contributed by atoms with E-state index in [0.717, 1.165) is 18.9 Å². The minimum Gasteiger partial charge on any atom is -0.363 e. The molecule has 0 radical (unpaired) electrons. The molecule has 0 aromatic carbocycles. The van der Waals surface area contributed by atoms with Crippen molar-refractivity contribution in [2.24, 2.45) is 7.05 Å². The summed E-state index contributed by atoms with van der Waals surface area (Å²) in [6.45, 7) is 4.53. The molecule has 18 heavy (non-hydrogen) atoms. The van der Waals surface area contributed by atoms with Gasteiger partial charge < -0.3 is 14.6 Å². The molecule has 0 spiro atoms. The SMILES string of the molecule is CNC(=O)[C@@]1(C)CN(Cc2nccn2C)CCO1. The van der Waals surface area contributed by atoms with Crippen LogP contribution in [-0.2, 0) is 23.1 Å². The molecule has 1 amide bonds. The number of amides is 1. The first-order valence-corrected chi connectivity index (χ1v) is 6.10. The molecule has 1 aromatic heterocycles. The highest BCUT2D eigenvalue weighted by Gasteiger charge is 2.38. The van der Waals surface area contributed by atoms with E-state index in [2.05, 4.69) is 15.2 Å². The van der Waals surface area contributed by atoms with E-state index in [1.807, 2.05) is 24.7 Å². The van der Waals surface area contributed by atoms with E-state index in [0.29, 0.717) is 13.2 Å². The lowest BCUT2D eigenvalue weighted by Gasteiger charge is -2.38. The van der Waals surface area contributed by atoms with Crippen LogP contribution in [0.1, 0.15) is 12.7 Å². The fraction of sp³-hybridized carbons (Fsp3) is 0.667. The summed E-state index contributed by atoms with van der Waals surface area (Å²) in [5, 5.41) is 2.65. The zero-order valence-corrected chi connectivity index (χ0v) is 11.1. The predicted octanol–water partition coefficient (Wildman–Crippen LogP) is -0.243. The first-order valence-electron chi connectivity index (χ1n) is 6.10. The first kappa shape index (κ1) is 13.0. The molecule has 6 heteroatoms. The average molecular weight is 252 g/mol. The van der Waals surface area contributed by atoms with Crippen molar-refractivity contribution in [3.8, 4) is 0 Å². The number of aromatic nitrogens is 2. The third-order valence-electron chi connectivity index (χ3n) is 3.35. The Bertz CT molecular complexity index is 431. The summed E-state index contributed by atoms with van der Waals surface area (Å²) in [4.78, 5) is 18.3. The fourth-order valence-electron chi connectivity index (χ4n) is 2.24. The maximum Gasteiger partial charge on any atom is 0.253 e. The van der Waals surface area contributed by atoms with Crippen molar-refractivity contribution in [3.05, 3.63) is 18.2 Å². The molecule has 6 nitrogen and oxygen atoms in total.